The summed E-state index contributed by atoms with van der Waals surface area (Å²) in [7, 11) is 0. The number of nitrogens with one attached hydrogen (secondary N) is 2. The van der Waals surface area contributed by atoms with Gasteiger partial charge in [-0.3, -0.25) is 14.4 Å². The zero-order valence-corrected chi connectivity index (χ0v) is 35.8. The van der Waals surface area contributed by atoms with E-state index >= 15 is 0 Å². The van der Waals surface area contributed by atoms with Crippen molar-refractivity contribution in [2.24, 2.45) is 0 Å². The first-order valence-electron chi connectivity index (χ1n) is 21.1. The number of halogens is 1. The first-order valence-corrected chi connectivity index (χ1v) is 21.1. The van der Waals surface area contributed by atoms with Gasteiger partial charge in [0.05, 0.1) is 55.8 Å². The van der Waals surface area contributed by atoms with Gasteiger partial charge in [0, 0.05) is 30.4 Å². The molecule has 342 valence electrons. The highest BCUT2D eigenvalue weighted by molar-refractivity contribution is 6.12. The van der Waals surface area contributed by atoms with E-state index < -0.39 is 73.6 Å². The van der Waals surface area contributed by atoms with Gasteiger partial charge in [-0.25, -0.2) is 9.07 Å². The van der Waals surface area contributed by atoms with Crippen molar-refractivity contribution in [3.63, 3.8) is 0 Å². The number of carbonyl (C=O) groups excluding carboxylic acids is 3. The number of hydrogen-bond acceptors (Lipinski definition) is 13. The van der Waals surface area contributed by atoms with Crippen molar-refractivity contribution in [2.75, 3.05) is 18.5 Å². The van der Waals surface area contributed by atoms with E-state index in [1.165, 1.54) is 29.9 Å². The van der Waals surface area contributed by atoms with Crippen molar-refractivity contribution >= 4 is 23.5 Å². The summed E-state index contributed by atoms with van der Waals surface area (Å²) < 4.78 is 34.2. The monoisotopic (exact) mass is 886 g/mol. The molecule has 2 amide bonds. The molecular weight excluding hydrogens is 832 g/mol. The van der Waals surface area contributed by atoms with Crippen LogP contribution in [0.5, 0.6) is 0 Å². The van der Waals surface area contributed by atoms with E-state index in [4.69, 9.17) is 14.2 Å². The number of esters is 1. The average molecular weight is 887 g/mol. The van der Waals surface area contributed by atoms with E-state index in [1.807, 2.05) is 66.9 Å². The van der Waals surface area contributed by atoms with Crippen LogP contribution in [0.15, 0.2) is 91.1 Å². The van der Waals surface area contributed by atoms with Crippen molar-refractivity contribution < 1.29 is 58.5 Å². The van der Waals surface area contributed by atoms with Gasteiger partial charge in [0.15, 0.2) is 6.29 Å². The standard InChI is InChI=1S/C46H55FN6O11/c1-27(2)41-39(45(61)49-32-12-8-5-9-13-32)38(29-10-6-4-7-11-29)42(30-14-16-31(47)17-15-30)53(41)19-18-34(56)22-35(57)23-37(58)63-26-33-24-52(51-50-33)20-21-62-46-40(48-28(3)55)44(60)43(59)36(25-54)64-46/h4-17,24,27,34-36,40,43-44,46,54,56-57,59-60H,18-23,25-26H2,1-3H3,(H,48,55)(H,49,61)/t34-,35-,36-,40-,43+,44-,46-/m1/s1. The maximum atomic E-state index is 14.3. The van der Waals surface area contributed by atoms with Crippen LogP contribution in [0.2, 0.25) is 0 Å². The summed E-state index contributed by atoms with van der Waals surface area (Å²) in [5, 5.41) is 65.8. The highest BCUT2D eigenvalue weighted by atomic mass is 19.1. The van der Waals surface area contributed by atoms with Crippen molar-refractivity contribution in [3.05, 3.63) is 114 Å². The summed E-state index contributed by atoms with van der Waals surface area (Å²) in [5.74, 6) is -2.14. The number of carbonyl (C=O) groups is 3. The number of anilines is 1. The summed E-state index contributed by atoms with van der Waals surface area (Å²) in [6.07, 6.45) is -6.44. The molecule has 5 aromatic rings. The van der Waals surface area contributed by atoms with Crippen molar-refractivity contribution in [2.45, 2.75) is 108 Å². The molecule has 0 unspecified atom stereocenters. The number of amides is 2. The maximum absolute atomic E-state index is 14.3. The lowest BCUT2D eigenvalue weighted by Gasteiger charge is -2.42. The summed E-state index contributed by atoms with van der Waals surface area (Å²) in [4.78, 5) is 38.8. The number of aliphatic hydroxyl groups excluding tert-OH is 5. The van der Waals surface area contributed by atoms with Gasteiger partial charge in [0.25, 0.3) is 5.91 Å². The smallest absolute Gasteiger partial charge is 0.308 e. The summed E-state index contributed by atoms with van der Waals surface area (Å²) >= 11 is 0. The van der Waals surface area contributed by atoms with Crippen LogP contribution in [0.3, 0.4) is 0 Å². The lowest BCUT2D eigenvalue weighted by molar-refractivity contribution is -0.270. The molecule has 3 aromatic carbocycles. The van der Waals surface area contributed by atoms with E-state index in [0.29, 0.717) is 39.5 Å². The summed E-state index contributed by atoms with van der Waals surface area (Å²) in [6, 6.07) is 23.5. The fourth-order valence-corrected chi connectivity index (χ4v) is 7.80. The van der Waals surface area contributed by atoms with Crippen LogP contribution in [0.25, 0.3) is 22.4 Å². The van der Waals surface area contributed by atoms with E-state index in [9.17, 15) is 44.3 Å². The Kier molecular flexibility index (Phi) is 16.5. The number of aromatic nitrogens is 4. The third-order valence-corrected chi connectivity index (χ3v) is 10.7. The average Bonchev–Trinajstić information content (AvgIpc) is 3.88. The minimum Gasteiger partial charge on any atom is -0.459 e. The van der Waals surface area contributed by atoms with Gasteiger partial charge in [-0.15, -0.1) is 5.10 Å². The van der Waals surface area contributed by atoms with E-state index in [0.717, 1.165) is 5.56 Å². The van der Waals surface area contributed by atoms with Crippen LogP contribution in [-0.2, 0) is 43.5 Å². The lowest BCUT2D eigenvalue weighted by Crippen LogP contribution is -2.64. The molecule has 2 aromatic heterocycles. The molecule has 0 aliphatic carbocycles. The Bertz CT molecular complexity index is 2310. The van der Waals surface area contributed by atoms with E-state index in [1.54, 1.807) is 24.3 Å². The van der Waals surface area contributed by atoms with Crippen LogP contribution in [0, 0.1) is 5.82 Å². The van der Waals surface area contributed by atoms with Crippen LogP contribution < -0.4 is 10.6 Å². The van der Waals surface area contributed by atoms with Gasteiger partial charge in [-0.05, 0) is 66.3 Å². The van der Waals surface area contributed by atoms with Crippen molar-refractivity contribution in [1.82, 2.24) is 24.9 Å². The quantitative estimate of drug-likeness (QED) is 0.0555. The van der Waals surface area contributed by atoms with E-state index in [-0.39, 0.29) is 51.0 Å². The Morgan fingerprint density at radius 1 is 0.906 bits per heavy atom. The van der Waals surface area contributed by atoms with Crippen LogP contribution in [0.1, 0.15) is 67.7 Å². The molecule has 0 bridgehead atoms. The molecular formula is C46H55FN6O11. The Morgan fingerprint density at radius 2 is 1.59 bits per heavy atom. The predicted octanol–water partition coefficient (Wildman–Crippen LogP) is 3.52. The van der Waals surface area contributed by atoms with E-state index in [2.05, 4.69) is 20.9 Å². The first kappa shape index (κ1) is 47.6. The number of benzene rings is 3. The van der Waals surface area contributed by atoms with Gasteiger partial charge >= 0.3 is 5.97 Å². The molecule has 7 N–H and O–H groups in total. The Morgan fingerprint density at radius 3 is 2.25 bits per heavy atom. The minimum atomic E-state index is -1.46. The van der Waals surface area contributed by atoms with Crippen molar-refractivity contribution in [3.8, 4) is 22.4 Å². The molecule has 0 radical (unpaired) electrons. The summed E-state index contributed by atoms with van der Waals surface area (Å²) in [5.41, 5.74) is 4.82. The molecule has 1 saturated heterocycles. The molecule has 0 spiro atoms. The largest absolute Gasteiger partial charge is 0.459 e. The molecule has 17 nitrogen and oxygen atoms in total. The van der Waals surface area contributed by atoms with Crippen LogP contribution in [0.4, 0.5) is 10.1 Å². The molecule has 18 heteroatoms. The number of ether oxygens (including phenoxy) is 3. The van der Waals surface area contributed by atoms with Crippen LogP contribution >= 0.6 is 0 Å². The Balaban J connectivity index is 1.08. The molecule has 3 heterocycles. The molecule has 1 aliphatic heterocycles. The van der Waals surface area contributed by atoms with Gasteiger partial charge in [-0.2, -0.15) is 0 Å². The van der Waals surface area contributed by atoms with Gasteiger partial charge in [0.1, 0.15) is 42.5 Å². The summed E-state index contributed by atoms with van der Waals surface area (Å²) in [6.45, 7) is 4.66. The normalized spacial score (nSPS) is 19.6. The number of hydrogen-bond donors (Lipinski definition) is 7. The first-order chi connectivity index (χ1) is 30.7. The van der Waals surface area contributed by atoms with Gasteiger partial charge in [0.2, 0.25) is 5.91 Å². The lowest BCUT2D eigenvalue weighted by atomic mass is 9.94. The molecule has 6 rings (SSSR count). The molecule has 0 saturated carbocycles. The number of nitrogens with zero attached hydrogens (tertiary/aromatic N) is 4. The fourth-order valence-electron chi connectivity index (χ4n) is 7.80. The zero-order valence-electron chi connectivity index (χ0n) is 35.8. The predicted molar refractivity (Wildman–Crippen MR) is 231 cm³/mol. The minimum absolute atomic E-state index is 0.0333. The zero-order chi connectivity index (χ0) is 45.9. The third kappa shape index (κ3) is 12.0. The van der Waals surface area contributed by atoms with Crippen molar-refractivity contribution in [1.29, 1.82) is 0 Å². The number of aliphatic hydroxyl groups is 5. The molecule has 64 heavy (non-hydrogen) atoms. The second-order valence-electron chi connectivity index (χ2n) is 16.0. The molecule has 1 fully saturated rings. The maximum Gasteiger partial charge on any atom is 0.308 e. The number of para-hydroxylation sites is 1. The second-order valence-corrected chi connectivity index (χ2v) is 16.0. The highest BCUT2D eigenvalue weighted by Gasteiger charge is 2.45. The van der Waals surface area contributed by atoms with Gasteiger partial charge in [-0.1, -0.05) is 67.6 Å². The highest BCUT2D eigenvalue weighted by Crippen LogP contribution is 2.43. The van der Waals surface area contributed by atoms with Crippen LogP contribution in [-0.4, -0.2) is 119 Å². The fraction of sp³-hybridized carbons (Fsp3) is 0.413. The SMILES string of the molecule is CC(=O)N[C@H]1[C@H](OCCn2cc(COC(=O)C[C@H](O)C[C@H](O)CCn3c(-c4ccc(F)cc4)c(-c4ccccc4)c(C(=O)Nc4ccccc4)c3C(C)C)nn2)O[C@H](CO)[C@H](O)[C@@H]1O. The Hall–Kier alpha value is -5.86. The Labute approximate surface area is 369 Å². The topological polar surface area (TPSA) is 240 Å². The number of rotatable bonds is 20. The second kappa shape index (κ2) is 22.2. The third-order valence-electron chi connectivity index (χ3n) is 10.7. The molecule has 1 aliphatic rings. The molecule has 7 atom stereocenters. The van der Waals surface area contributed by atoms with Gasteiger partial charge < -0.3 is 54.9 Å².